The monoisotopic (exact) mass is 404 g/mol. The van der Waals surface area contributed by atoms with E-state index in [4.69, 9.17) is 4.98 Å². The molecule has 9 nitrogen and oxygen atoms in total. The van der Waals surface area contributed by atoms with E-state index in [0.717, 1.165) is 40.4 Å². The smallest absolute Gasteiger partial charge is 0.323 e. The summed E-state index contributed by atoms with van der Waals surface area (Å²) in [7, 11) is 1.81. The first kappa shape index (κ1) is 17.6. The summed E-state index contributed by atoms with van der Waals surface area (Å²) in [5.41, 5.74) is 4.17. The maximum atomic E-state index is 13.1. The molecule has 4 aromatic rings. The fourth-order valence-corrected chi connectivity index (χ4v) is 5.36. The Morgan fingerprint density at radius 3 is 2.77 bits per heavy atom. The Hall–Kier alpha value is -3.23. The lowest BCUT2D eigenvalue weighted by molar-refractivity contribution is 0.105. The summed E-state index contributed by atoms with van der Waals surface area (Å²) in [6.07, 6.45) is 11.3. The van der Waals surface area contributed by atoms with Crippen LogP contribution < -0.4 is 11.0 Å². The first-order valence-electron chi connectivity index (χ1n) is 10.6. The number of hydrogen-bond acceptors (Lipinski definition) is 6. The maximum Gasteiger partial charge on any atom is 0.330 e. The minimum Gasteiger partial charge on any atom is -0.323 e. The Balaban J connectivity index is 1.44. The summed E-state index contributed by atoms with van der Waals surface area (Å²) >= 11 is 0. The molecular weight excluding hydrogens is 380 g/mol. The van der Waals surface area contributed by atoms with Crippen molar-refractivity contribution in [3.05, 3.63) is 40.8 Å². The maximum absolute atomic E-state index is 13.1. The molecule has 9 heteroatoms. The molecule has 7 rings (SSSR count). The average molecular weight is 404 g/mol. The molecule has 1 unspecified atom stereocenters. The minimum absolute atomic E-state index is 0.00853. The van der Waals surface area contributed by atoms with Crippen LogP contribution in [0.15, 0.2) is 29.6 Å². The second kappa shape index (κ2) is 6.38. The normalized spacial score (nSPS) is 23.5. The SMILES string of the molecule is Cc1cc2ncnn2cc1Nc1ncc2c(n1)n(C1CC3CCC1CC3)c(=O)n2C. The summed E-state index contributed by atoms with van der Waals surface area (Å²) in [4.78, 5) is 26.6. The molecule has 3 saturated carbocycles. The predicted molar refractivity (Wildman–Crippen MR) is 113 cm³/mol. The molecule has 0 spiro atoms. The molecule has 154 valence electrons. The number of hydrogen-bond donors (Lipinski definition) is 1. The third kappa shape index (κ3) is 2.57. The van der Waals surface area contributed by atoms with Crippen LogP contribution in [-0.2, 0) is 7.05 Å². The fraction of sp³-hybridized carbons (Fsp3) is 0.476. The van der Waals surface area contributed by atoms with Crippen molar-refractivity contribution in [2.24, 2.45) is 18.9 Å². The number of rotatable bonds is 3. The number of anilines is 2. The van der Waals surface area contributed by atoms with Gasteiger partial charge in [-0.15, -0.1) is 0 Å². The lowest BCUT2D eigenvalue weighted by Gasteiger charge is -2.42. The van der Waals surface area contributed by atoms with Crippen LogP contribution in [0.25, 0.3) is 16.8 Å². The van der Waals surface area contributed by atoms with Crippen LogP contribution >= 0.6 is 0 Å². The molecule has 2 bridgehead atoms. The first-order valence-corrected chi connectivity index (χ1v) is 10.6. The molecule has 0 saturated heterocycles. The standard InChI is InChI=1S/C21H24N8O/c1-12-7-18-23-11-24-28(18)10-15(12)25-20-22-9-17-19(26-20)29(21(30)27(17)2)16-8-13-3-5-14(16)6-4-13/h7,9-11,13-14,16H,3-6,8H2,1-2H3,(H,22,25,26). The first-order chi connectivity index (χ1) is 14.6. The molecule has 30 heavy (non-hydrogen) atoms. The van der Waals surface area contributed by atoms with E-state index in [1.165, 1.54) is 32.0 Å². The second-order valence-corrected chi connectivity index (χ2v) is 8.76. The van der Waals surface area contributed by atoms with E-state index >= 15 is 0 Å². The van der Waals surface area contributed by atoms with Crippen LogP contribution in [0.3, 0.4) is 0 Å². The number of nitrogens with one attached hydrogen (secondary N) is 1. The highest BCUT2D eigenvalue weighted by Crippen LogP contribution is 2.47. The fourth-order valence-electron chi connectivity index (χ4n) is 5.36. The van der Waals surface area contributed by atoms with Crippen LogP contribution in [0.1, 0.15) is 43.7 Å². The Bertz CT molecular complexity index is 1320. The van der Waals surface area contributed by atoms with Crippen molar-refractivity contribution in [3.63, 3.8) is 0 Å². The van der Waals surface area contributed by atoms with Gasteiger partial charge in [-0.3, -0.25) is 9.13 Å². The summed E-state index contributed by atoms with van der Waals surface area (Å²) in [5, 5.41) is 7.50. The van der Waals surface area contributed by atoms with E-state index in [2.05, 4.69) is 20.4 Å². The van der Waals surface area contributed by atoms with Crippen molar-refractivity contribution in [2.45, 2.75) is 45.1 Å². The van der Waals surface area contributed by atoms with Gasteiger partial charge < -0.3 is 5.32 Å². The van der Waals surface area contributed by atoms with Crippen LogP contribution in [0.5, 0.6) is 0 Å². The lowest BCUT2D eigenvalue weighted by Crippen LogP contribution is -2.38. The van der Waals surface area contributed by atoms with Gasteiger partial charge in [-0.2, -0.15) is 10.1 Å². The zero-order chi connectivity index (χ0) is 20.4. The summed E-state index contributed by atoms with van der Waals surface area (Å²) in [6, 6.07) is 2.20. The molecule has 3 fully saturated rings. The Morgan fingerprint density at radius 2 is 2.00 bits per heavy atom. The summed E-state index contributed by atoms with van der Waals surface area (Å²) < 4.78 is 5.32. The summed E-state index contributed by atoms with van der Waals surface area (Å²) in [5.74, 6) is 1.78. The highest BCUT2D eigenvalue weighted by molar-refractivity contribution is 5.73. The van der Waals surface area contributed by atoms with Crippen LogP contribution in [0.4, 0.5) is 11.6 Å². The molecule has 1 atom stereocenters. The quantitative estimate of drug-likeness (QED) is 0.564. The highest BCUT2D eigenvalue weighted by atomic mass is 16.1. The third-order valence-electron chi connectivity index (χ3n) is 7.04. The average Bonchev–Trinajstić information content (AvgIpc) is 3.31. The third-order valence-corrected chi connectivity index (χ3v) is 7.04. The zero-order valence-electron chi connectivity index (χ0n) is 17.1. The van der Waals surface area contributed by atoms with Crippen molar-refractivity contribution in [2.75, 3.05) is 5.32 Å². The molecule has 3 aliphatic rings. The number of pyridine rings is 1. The van der Waals surface area contributed by atoms with E-state index in [9.17, 15) is 4.79 Å². The van der Waals surface area contributed by atoms with Gasteiger partial charge >= 0.3 is 5.69 Å². The summed E-state index contributed by atoms with van der Waals surface area (Å²) in [6.45, 7) is 2.01. The Kier molecular flexibility index (Phi) is 3.75. The van der Waals surface area contributed by atoms with E-state index in [1.54, 1.807) is 15.3 Å². The number of nitrogens with zero attached hydrogens (tertiary/aromatic N) is 7. The van der Waals surface area contributed by atoms with Gasteiger partial charge in [-0.25, -0.2) is 19.3 Å². The number of aryl methyl sites for hydroxylation is 2. The van der Waals surface area contributed by atoms with Crippen molar-refractivity contribution < 1.29 is 0 Å². The van der Waals surface area contributed by atoms with Crippen LogP contribution in [0, 0.1) is 18.8 Å². The van der Waals surface area contributed by atoms with Gasteiger partial charge in [0.2, 0.25) is 5.95 Å². The largest absolute Gasteiger partial charge is 0.330 e. The topological polar surface area (TPSA) is 94.9 Å². The highest BCUT2D eigenvalue weighted by Gasteiger charge is 2.38. The molecule has 1 N–H and O–H groups in total. The number of fused-ring (bicyclic) bond motifs is 5. The molecule has 0 aromatic carbocycles. The van der Waals surface area contributed by atoms with E-state index in [0.29, 0.717) is 11.9 Å². The van der Waals surface area contributed by atoms with Gasteiger partial charge in [-0.1, -0.05) is 12.8 Å². The van der Waals surface area contributed by atoms with E-state index in [-0.39, 0.29) is 11.7 Å². The number of aromatic nitrogens is 7. The molecule has 0 radical (unpaired) electrons. The second-order valence-electron chi connectivity index (χ2n) is 8.76. The number of imidazole rings is 1. The molecule has 0 aliphatic heterocycles. The van der Waals surface area contributed by atoms with Crippen molar-refractivity contribution in [1.29, 1.82) is 0 Å². The van der Waals surface area contributed by atoms with Crippen molar-refractivity contribution in [3.8, 4) is 0 Å². The predicted octanol–water partition coefficient (Wildman–Crippen LogP) is 2.98. The zero-order valence-corrected chi connectivity index (χ0v) is 17.1. The molecule has 0 amide bonds. The van der Waals surface area contributed by atoms with Crippen LogP contribution in [0.2, 0.25) is 0 Å². The van der Waals surface area contributed by atoms with E-state index < -0.39 is 0 Å². The van der Waals surface area contributed by atoms with E-state index in [1.807, 2.05) is 30.8 Å². The van der Waals surface area contributed by atoms with Gasteiger partial charge in [0.1, 0.15) is 11.8 Å². The van der Waals surface area contributed by atoms with Gasteiger partial charge in [0.25, 0.3) is 0 Å². The Labute approximate surface area is 172 Å². The molecule has 4 aromatic heterocycles. The van der Waals surface area contributed by atoms with Crippen molar-refractivity contribution in [1.82, 2.24) is 33.7 Å². The minimum atomic E-state index is 0.00853. The van der Waals surface area contributed by atoms with Gasteiger partial charge in [0, 0.05) is 13.1 Å². The molecule has 3 aliphatic carbocycles. The molecule has 4 heterocycles. The van der Waals surface area contributed by atoms with Crippen molar-refractivity contribution >= 4 is 28.4 Å². The molecular formula is C21H24N8O. The van der Waals surface area contributed by atoms with Gasteiger partial charge in [0.15, 0.2) is 11.3 Å². The van der Waals surface area contributed by atoms with Gasteiger partial charge in [-0.05, 0) is 49.7 Å². The lowest BCUT2D eigenvalue weighted by atomic mass is 9.68. The Morgan fingerprint density at radius 1 is 1.17 bits per heavy atom. The van der Waals surface area contributed by atoms with Gasteiger partial charge in [0.05, 0.1) is 18.1 Å². The van der Waals surface area contributed by atoms with Crippen LogP contribution in [-0.4, -0.2) is 33.7 Å².